The standard InChI is InChI=1S/C22H23F3N2O4/c1-30-18-5-3-2-4-17(18)21(10-12-31-13-11-21)14-26-19(28)20(29)27-16-8-6-15(7-9-16)22(23,24)25/h2-9H,10-14H2,1H3,(H,26,28)(H,27,29). The summed E-state index contributed by atoms with van der Waals surface area (Å²) in [5.41, 5.74) is -0.286. The Kier molecular flexibility index (Phi) is 6.84. The van der Waals surface area contributed by atoms with Gasteiger partial charge in [0.1, 0.15) is 5.75 Å². The first-order valence-corrected chi connectivity index (χ1v) is 9.73. The molecule has 1 heterocycles. The Bertz CT molecular complexity index is 923. The van der Waals surface area contributed by atoms with Gasteiger partial charge in [0.05, 0.1) is 12.7 Å². The molecule has 2 amide bonds. The molecule has 1 aliphatic rings. The van der Waals surface area contributed by atoms with E-state index in [0.717, 1.165) is 29.8 Å². The summed E-state index contributed by atoms with van der Waals surface area (Å²) in [5.74, 6) is -1.14. The molecule has 0 unspecified atom stereocenters. The molecule has 9 heteroatoms. The molecule has 0 aromatic heterocycles. The summed E-state index contributed by atoms with van der Waals surface area (Å²) < 4.78 is 48.9. The third-order valence-corrected chi connectivity index (χ3v) is 5.39. The monoisotopic (exact) mass is 436 g/mol. The zero-order chi connectivity index (χ0) is 22.5. The average molecular weight is 436 g/mol. The SMILES string of the molecule is COc1ccccc1C1(CNC(=O)C(=O)Nc2ccc(C(F)(F)F)cc2)CCOCC1. The Hall–Kier alpha value is -3.07. The molecular weight excluding hydrogens is 413 g/mol. The van der Waals surface area contributed by atoms with Crippen molar-refractivity contribution in [1.29, 1.82) is 0 Å². The van der Waals surface area contributed by atoms with Crippen LogP contribution in [-0.2, 0) is 25.9 Å². The summed E-state index contributed by atoms with van der Waals surface area (Å²) in [6, 6.07) is 11.4. The first kappa shape index (κ1) is 22.6. The van der Waals surface area contributed by atoms with Gasteiger partial charge >= 0.3 is 18.0 Å². The van der Waals surface area contributed by atoms with Crippen LogP contribution in [0.3, 0.4) is 0 Å². The largest absolute Gasteiger partial charge is 0.496 e. The van der Waals surface area contributed by atoms with Gasteiger partial charge in [-0.1, -0.05) is 18.2 Å². The molecule has 2 N–H and O–H groups in total. The quantitative estimate of drug-likeness (QED) is 0.704. The van der Waals surface area contributed by atoms with E-state index in [1.54, 1.807) is 7.11 Å². The number of benzene rings is 2. The van der Waals surface area contributed by atoms with Crippen LogP contribution in [0.25, 0.3) is 0 Å². The minimum absolute atomic E-state index is 0.0960. The number of amides is 2. The van der Waals surface area contributed by atoms with Crippen molar-refractivity contribution in [3.63, 3.8) is 0 Å². The smallest absolute Gasteiger partial charge is 0.416 e. The molecule has 0 radical (unpaired) electrons. The minimum Gasteiger partial charge on any atom is -0.496 e. The molecule has 0 spiro atoms. The fourth-order valence-corrected chi connectivity index (χ4v) is 3.65. The van der Waals surface area contributed by atoms with Crippen LogP contribution < -0.4 is 15.4 Å². The Morgan fingerprint density at radius 3 is 2.29 bits per heavy atom. The van der Waals surface area contributed by atoms with E-state index in [0.29, 0.717) is 31.8 Å². The lowest BCUT2D eigenvalue weighted by Crippen LogP contribution is -2.47. The topological polar surface area (TPSA) is 76.7 Å². The number of methoxy groups -OCH3 is 1. The normalized spacial score (nSPS) is 15.7. The number of carbonyl (C=O) groups excluding carboxylic acids is 2. The molecule has 0 atom stereocenters. The van der Waals surface area contributed by atoms with Gasteiger partial charge in [-0.3, -0.25) is 9.59 Å². The van der Waals surface area contributed by atoms with Gasteiger partial charge in [-0.2, -0.15) is 13.2 Å². The van der Waals surface area contributed by atoms with Crippen molar-refractivity contribution in [1.82, 2.24) is 5.32 Å². The van der Waals surface area contributed by atoms with Crippen LogP contribution in [-0.4, -0.2) is 38.7 Å². The number of alkyl halides is 3. The van der Waals surface area contributed by atoms with Crippen molar-refractivity contribution < 1.29 is 32.2 Å². The number of hydrogen-bond donors (Lipinski definition) is 2. The molecule has 0 bridgehead atoms. The fraction of sp³-hybridized carbons (Fsp3) is 0.364. The lowest BCUT2D eigenvalue weighted by Gasteiger charge is -2.38. The molecular formula is C22H23F3N2O4. The molecule has 0 saturated carbocycles. The summed E-state index contributed by atoms with van der Waals surface area (Å²) in [6.45, 7) is 1.20. The van der Waals surface area contributed by atoms with Crippen molar-refractivity contribution in [3.05, 3.63) is 59.7 Å². The van der Waals surface area contributed by atoms with Crippen LogP contribution >= 0.6 is 0 Å². The maximum Gasteiger partial charge on any atom is 0.416 e. The van der Waals surface area contributed by atoms with E-state index in [9.17, 15) is 22.8 Å². The fourth-order valence-electron chi connectivity index (χ4n) is 3.65. The van der Waals surface area contributed by atoms with Crippen LogP contribution in [0.4, 0.5) is 18.9 Å². The van der Waals surface area contributed by atoms with E-state index < -0.39 is 29.0 Å². The second-order valence-corrected chi connectivity index (χ2v) is 7.30. The zero-order valence-corrected chi connectivity index (χ0v) is 16.9. The third-order valence-electron chi connectivity index (χ3n) is 5.39. The van der Waals surface area contributed by atoms with E-state index in [1.165, 1.54) is 0 Å². The Morgan fingerprint density at radius 1 is 1.03 bits per heavy atom. The van der Waals surface area contributed by atoms with Crippen LogP contribution in [0.1, 0.15) is 24.0 Å². The lowest BCUT2D eigenvalue weighted by molar-refractivity contribution is -0.137. The van der Waals surface area contributed by atoms with Gasteiger partial charge in [-0.15, -0.1) is 0 Å². The second kappa shape index (κ2) is 9.38. The summed E-state index contributed by atoms with van der Waals surface area (Å²) in [4.78, 5) is 24.6. The lowest BCUT2D eigenvalue weighted by atomic mass is 9.73. The summed E-state index contributed by atoms with van der Waals surface area (Å²) in [6.07, 6.45) is -3.21. The number of ether oxygens (including phenoxy) is 2. The number of hydrogen-bond acceptors (Lipinski definition) is 4. The summed E-state index contributed by atoms with van der Waals surface area (Å²) >= 11 is 0. The number of carbonyl (C=O) groups is 2. The number of para-hydroxylation sites is 1. The van der Waals surface area contributed by atoms with Crippen molar-refractivity contribution in [2.75, 3.05) is 32.2 Å². The molecule has 0 aliphatic carbocycles. The molecule has 3 rings (SSSR count). The van der Waals surface area contributed by atoms with Crippen LogP contribution in [0, 0.1) is 0 Å². The van der Waals surface area contributed by atoms with E-state index in [2.05, 4.69) is 10.6 Å². The van der Waals surface area contributed by atoms with Crippen LogP contribution in [0.15, 0.2) is 48.5 Å². The maximum atomic E-state index is 12.6. The second-order valence-electron chi connectivity index (χ2n) is 7.30. The maximum absolute atomic E-state index is 12.6. The van der Waals surface area contributed by atoms with Crippen LogP contribution in [0.5, 0.6) is 5.75 Å². The molecule has 2 aromatic rings. The van der Waals surface area contributed by atoms with Gasteiger partial charge in [0.15, 0.2) is 0 Å². The summed E-state index contributed by atoms with van der Waals surface area (Å²) in [7, 11) is 1.57. The molecule has 1 saturated heterocycles. The van der Waals surface area contributed by atoms with Crippen molar-refractivity contribution >= 4 is 17.5 Å². The van der Waals surface area contributed by atoms with Crippen molar-refractivity contribution in [2.24, 2.45) is 0 Å². The van der Waals surface area contributed by atoms with E-state index in [4.69, 9.17) is 9.47 Å². The number of anilines is 1. The molecule has 1 aliphatic heterocycles. The highest BCUT2D eigenvalue weighted by molar-refractivity contribution is 6.39. The Morgan fingerprint density at radius 2 is 1.68 bits per heavy atom. The Balaban J connectivity index is 1.67. The first-order chi connectivity index (χ1) is 14.7. The number of rotatable bonds is 5. The molecule has 1 fully saturated rings. The van der Waals surface area contributed by atoms with E-state index in [-0.39, 0.29) is 12.2 Å². The highest BCUT2D eigenvalue weighted by atomic mass is 19.4. The van der Waals surface area contributed by atoms with Crippen molar-refractivity contribution in [2.45, 2.75) is 24.4 Å². The molecule has 31 heavy (non-hydrogen) atoms. The predicted molar refractivity (Wildman–Crippen MR) is 108 cm³/mol. The van der Waals surface area contributed by atoms with Crippen molar-refractivity contribution in [3.8, 4) is 5.75 Å². The summed E-state index contributed by atoms with van der Waals surface area (Å²) in [5, 5.41) is 4.97. The first-order valence-electron chi connectivity index (χ1n) is 9.73. The average Bonchev–Trinajstić information content (AvgIpc) is 2.77. The molecule has 6 nitrogen and oxygen atoms in total. The van der Waals surface area contributed by atoms with Crippen LogP contribution in [0.2, 0.25) is 0 Å². The van der Waals surface area contributed by atoms with Gasteiger partial charge < -0.3 is 20.1 Å². The third kappa shape index (κ3) is 5.35. The Labute approximate surface area is 177 Å². The van der Waals surface area contributed by atoms with Gasteiger partial charge in [0, 0.05) is 36.4 Å². The van der Waals surface area contributed by atoms with Gasteiger partial charge in [0.25, 0.3) is 0 Å². The highest BCUT2D eigenvalue weighted by Crippen LogP contribution is 2.39. The highest BCUT2D eigenvalue weighted by Gasteiger charge is 2.37. The van der Waals surface area contributed by atoms with Gasteiger partial charge in [-0.25, -0.2) is 0 Å². The predicted octanol–water partition coefficient (Wildman–Crippen LogP) is 3.52. The minimum atomic E-state index is -4.48. The molecule has 2 aromatic carbocycles. The zero-order valence-electron chi connectivity index (χ0n) is 16.9. The van der Waals surface area contributed by atoms with E-state index in [1.807, 2.05) is 24.3 Å². The van der Waals surface area contributed by atoms with Gasteiger partial charge in [-0.05, 0) is 43.2 Å². The number of halogens is 3. The van der Waals surface area contributed by atoms with Gasteiger partial charge in [0.2, 0.25) is 0 Å². The molecule has 166 valence electrons. The van der Waals surface area contributed by atoms with E-state index >= 15 is 0 Å². The number of nitrogens with one attached hydrogen (secondary N) is 2.